The number of carbonyl (C=O) groups is 1. The van der Waals surface area contributed by atoms with Crippen LogP contribution in [0.4, 0.5) is 0 Å². The number of benzene rings is 1. The second-order valence-corrected chi connectivity index (χ2v) is 6.50. The first-order valence-corrected chi connectivity index (χ1v) is 8.61. The van der Waals surface area contributed by atoms with Gasteiger partial charge in [-0.1, -0.05) is 30.3 Å². The number of aromatic nitrogens is 1. The molecule has 4 heteroatoms. The molecule has 0 unspecified atom stereocenters. The fourth-order valence-electron chi connectivity index (χ4n) is 3.35. The monoisotopic (exact) mass is 324 g/mol. The molecule has 1 fully saturated rings. The topological polar surface area (TPSA) is 53.4 Å². The number of rotatable bonds is 6. The van der Waals surface area contributed by atoms with Crippen molar-refractivity contribution in [2.45, 2.75) is 32.3 Å². The Bertz CT molecular complexity index is 672. The van der Waals surface area contributed by atoms with Crippen molar-refractivity contribution in [2.24, 2.45) is 5.92 Å². The number of aryl methyl sites for hydroxylation is 1. The van der Waals surface area contributed by atoms with Gasteiger partial charge in [0.2, 0.25) is 5.91 Å². The summed E-state index contributed by atoms with van der Waals surface area (Å²) < 4.78 is 0. The van der Waals surface area contributed by atoms with E-state index >= 15 is 0 Å². The smallest absolute Gasteiger partial charge is 0.222 e. The van der Waals surface area contributed by atoms with Gasteiger partial charge in [0, 0.05) is 31.4 Å². The molecule has 1 aliphatic rings. The van der Waals surface area contributed by atoms with Crippen LogP contribution in [0, 0.1) is 5.92 Å². The van der Waals surface area contributed by atoms with E-state index in [2.05, 4.69) is 17.1 Å². The third-order valence-corrected chi connectivity index (χ3v) is 4.66. The van der Waals surface area contributed by atoms with Gasteiger partial charge < -0.3 is 10.0 Å². The third-order valence-electron chi connectivity index (χ3n) is 4.66. The number of hydrogen-bond donors (Lipinski definition) is 1. The van der Waals surface area contributed by atoms with E-state index in [-0.39, 0.29) is 12.5 Å². The largest absolute Gasteiger partial charge is 0.392 e. The maximum Gasteiger partial charge on any atom is 0.222 e. The minimum absolute atomic E-state index is 0.0800. The van der Waals surface area contributed by atoms with Gasteiger partial charge in [0.25, 0.3) is 0 Å². The lowest BCUT2D eigenvalue weighted by Crippen LogP contribution is -2.29. The van der Waals surface area contributed by atoms with Crippen LogP contribution in [0.5, 0.6) is 0 Å². The summed E-state index contributed by atoms with van der Waals surface area (Å²) in [5.41, 5.74) is 3.17. The van der Waals surface area contributed by atoms with E-state index in [1.807, 2.05) is 35.2 Å². The van der Waals surface area contributed by atoms with Crippen LogP contribution in [0.15, 0.2) is 48.7 Å². The highest BCUT2D eigenvalue weighted by molar-refractivity contribution is 5.76. The zero-order valence-electron chi connectivity index (χ0n) is 13.9. The van der Waals surface area contributed by atoms with Gasteiger partial charge in [-0.05, 0) is 48.4 Å². The van der Waals surface area contributed by atoms with Crippen LogP contribution >= 0.6 is 0 Å². The SMILES string of the molecule is O=C(CCc1ccccn1)N1CC[C@@H](Cc2cccc(CO)c2)C1. The Balaban J connectivity index is 1.48. The maximum atomic E-state index is 12.4. The highest BCUT2D eigenvalue weighted by Crippen LogP contribution is 2.22. The van der Waals surface area contributed by atoms with E-state index in [1.165, 1.54) is 5.56 Å². The van der Waals surface area contributed by atoms with Crippen molar-refractivity contribution in [3.8, 4) is 0 Å². The molecule has 24 heavy (non-hydrogen) atoms. The molecule has 1 aliphatic heterocycles. The minimum Gasteiger partial charge on any atom is -0.392 e. The van der Waals surface area contributed by atoms with Crippen LogP contribution in [-0.2, 0) is 24.2 Å². The molecule has 0 radical (unpaired) electrons. The maximum absolute atomic E-state index is 12.4. The molecule has 1 aromatic carbocycles. The Morgan fingerprint density at radius 2 is 2.08 bits per heavy atom. The lowest BCUT2D eigenvalue weighted by Gasteiger charge is -2.16. The Hall–Kier alpha value is -2.20. The van der Waals surface area contributed by atoms with Crippen LogP contribution in [0.2, 0.25) is 0 Å². The van der Waals surface area contributed by atoms with Gasteiger partial charge in [0.1, 0.15) is 0 Å². The summed E-state index contributed by atoms with van der Waals surface area (Å²) in [6, 6.07) is 13.9. The number of carbonyl (C=O) groups excluding carboxylic acids is 1. The molecule has 1 aromatic heterocycles. The molecular formula is C20H24N2O2. The summed E-state index contributed by atoms with van der Waals surface area (Å²) in [5.74, 6) is 0.741. The van der Waals surface area contributed by atoms with E-state index in [4.69, 9.17) is 0 Å². The quantitative estimate of drug-likeness (QED) is 0.888. The van der Waals surface area contributed by atoms with E-state index in [0.29, 0.717) is 18.8 Å². The summed E-state index contributed by atoms with van der Waals surface area (Å²) >= 11 is 0. The Kier molecular flexibility index (Phi) is 5.59. The van der Waals surface area contributed by atoms with E-state index < -0.39 is 0 Å². The number of likely N-dealkylation sites (tertiary alicyclic amines) is 1. The van der Waals surface area contributed by atoms with E-state index in [1.54, 1.807) is 6.20 Å². The number of pyridine rings is 1. The molecular weight excluding hydrogens is 300 g/mol. The van der Waals surface area contributed by atoms with Gasteiger partial charge in [-0.25, -0.2) is 0 Å². The molecule has 0 spiro atoms. The molecule has 0 saturated carbocycles. The van der Waals surface area contributed by atoms with Gasteiger partial charge in [-0.15, -0.1) is 0 Å². The second-order valence-electron chi connectivity index (χ2n) is 6.50. The van der Waals surface area contributed by atoms with Gasteiger partial charge in [-0.3, -0.25) is 9.78 Å². The van der Waals surface area contributed by atoms with Gasteiger partial charge in [0.05, 0.1) is 6.61 Å². The molecule has 1 saturated heterocycles. The van der Waals surface area contributed by atoms with Crippen LogP contribution in [0.3, 0.4) is 0 Å². The molecule has 1 atom stereocenters. The van der Waals surface area contributed by atoms with Crippen molar-refractivity contribution < 1.29 is 9.90 Å². The Morgan fingerprint density at radius 1 is 1.21 bits per heavy atom. The van der Waals surface area contributed by atoms with Gasteiger partial charge in [0.15, 0.2) is 0 Å². The minimum atomic E-state index is 0.0800. The number of nitrogens with zero attached hydrogens (tertiary/aromatic N) is 2. The Morgan fingerprint density at radius 3 is 2.88 bits per heavy atom. The normalized spacial score (nSPS) is 17.2. The molecule has 2 heterocycles. The summed E-state index contributed by atoms with van der Waals surface area (Å²) in [6.07, 6.45) is 5.03. The predicted octanol–water partition coefficient (Wildman–Crippen LogP) is 2.60. The van der Waals surface area contributed by atoms with Crippen molar-refractivity contribution in [3.05, 3.63) is 65.5 Å². The molecule has 4 nitrogen and oxygen atoms in total. The van der Waals surface area contributed by atoms with Gasteiger partial charge in [-0.2, -0.15) is 0 Å². The second kappa shape index (κ2) is 8.06. The first kappa shape index (κ1) is 16.7. The zero-order valence-corrected chi connectivity index (χ0v) is 13.9. The average Bonchev–Trinajstić information content (AvgIpc) is 3.09. The van der Waals surface area contributed by atoms with Crippen LogP contribution in [0.25, 0.3) is 0 Å². The van der Waals surface area contributed by atoms with Crippen molar-refractivity contribution >= 4 is 5.91 Å². The lowest BCUT2D eigenvalue weighted by molar-refractivity contribution is -0.130. The number of aliphatic hydroxyl groups is 1. The van der Waals surface area contributed by atoms with Crippen LogP contribution in [0.1, 0.15) is 29.7 Å². The van der Waals surface area contributed by atoms with Crippen LogP contribution in [-0.4, -0.2) is 34.0 Å². The first-order chi connectivity index (χ1) is 11.7. The molecule has 126 valence electrons. The summed E-state index contributed by atoms with van der Waals surface area (Å²) in [6.45, 7) is 1.77. The number of amides is 1. The number of hydrogen-bond acceptors (Lipinski definition) is 3. The van der Waals surface area contributed by atoms with Crippen molar-refractivity contribution in [1.82, 2.24) is 9.88 Å². The van der Waals surface area contributed by atoms with Crippen molar-refractivity contribution in [1.29, 1.82) is 0 Å². The fraction of sp³-hybridized carbons (Fsp3) is 0.400. The molecule has 1 amide bonds. The third kappa shape index (κ3) is 4.42. The lowest BCUT2D eigenvalue weighted by atomic mass is 9.97. The summed E-state index contributed by atoms with van der Waals surface area (Å²) in [4.78, 5) is 18.6. The molecule has 0 aliphatic carbocycles. The predicted molar refractivity (Wildman–Crippen MR) is 93.3 cm³/mol. The summed E-state index contributed by atoms with van der Waals surface area (Å²) in [5, 5.41) is 9.23. The first-order valence-electron chi connectivity index (χ1n) is 8.61. The zero-order chi connectivity index (χ0) is 16.8. The molecule has 0 bridgehead atoms. The number of aliphatic hydroxyl groups excluding tert-OH is 1. The fourth-order valence-corrected chi connectivity index (χ4v) is 3.35. The average molecular weight is 324 g/mol. The van der Waals surface area contributed by atoms with E-state index in [9.17, 15) is 9.90 Å². The molecule has 2 aromatic rings. The van der Waals surface area contributed by atoms with E-state index in [0.717, 1.165) is 37.2 Å². The molecule has 3 rings (SSSR count). The Labute approximate surface area is 143 Å². The van der Waals surface area contributed by atoms with Gasteiger partial charge >= 0.3 is 0 Å². The highest BCUT2D eigenvalue weighted by Gasteiger charge is 2.26. The highest BCUT2D eigenvalue weighted by atomic mass is 16.3. The summed E-state index contributed by atoms with van der Waals surface area (Å²) in [7, 11) is 0. The van der Waals surface area contributed by atoms with Crippen molar-refractivity contribution in [3.63, 3.8) is 0 Å². The molecule has 1 N–H and O–H groups in total. The van der Waals surface area contributed by atoms with Crippen LogP contribution < -0.4 is 0 Å². The van der Waals surface area contributed by atoms with Crippen molar-refractivity contribution in [2.75, 3.05) is 13.1 Å². The standard InChI is InChI=1S/C20H24N2O2/c23-15-18-5-3-4-16(13-18)12-17-9-11-22(14-17)20(24)8-7-19-6-1-2-10-21-19/h1-6,10,13,17,23H,7-9,11-12,14-15H2/t17-/m0/s1.